The maximum Gasteiger partial charge on any atom is 0.266 e. The second kappa shape index (κ2) is 9.53. The predicted molar refractivity (Wildman–Crippen MR) is 128 cm³/mol. The average Bonchev–Trinajstić information content (AvgIpc) is 3.27. The number of pyridine rings is 1. The third-order valence-corrected chi connectivity index (χ3v) is 6.85. The van der Waals surface area contributed by atoms with E-state index in [9.17, 15) is 22.8 Å². The molecule has 4 rings (SSSR count). The Morgan fingerprint density at radius 1 is 1.25 bits per heavy atom. The number of aryl methyl sites for hydroxylation is 2. The highest BCUT2D eigenvalue weighted by atomic mass is 19.3. The van der Waals surface area contributed by atoms with Crippen LogP contribution in [0.5, 0.6) is 0 Å². The van der Waals surface area contributed by atoms with Gasteiger partial charge in [0.25, 0.3) is 12.0 Å². The fourth-order valence-electron chi connectivity index (χ4n) is 4.78. The highest BCUT2D eigenvalue weighted by Crippen LogP contribution is 2.36. The van der Waals surface area contributed by atoms with Crippen LogP contribution in [-0.4, -0.2) is 45.5 Å². The van der Waals surface area contributed by atoms with Gasteiger partial charge in [0.2, 0.25) is 5.91 Å². The third kappa shape index (κ3) is 4.32. The normalized spacial score (nSPS) is 18.8. The SMILES string of the molecule is COC1(c2cc3c(N[C@H](C)c4cccc(C(F)F)c4F)nc(C)nc3n(C)c2=O)CCN(C(C)=O)C1. The first-order valence-electron chi connectivity index (χ1n) is 11.5. The molecule has 0 bridgehead atoms. The number of halogens is 3. The average molecular weight is 504 g/mol. The van der Waals surface area contributed by atoms with Crippen molar-refractivity contribution in [3.63, 3.8) is 0 Å². The van der Waals surface area contributed by atoms with Crippen molar-refractivity contribution in [1.29, 1.82) is 0 Å². The van der Waals surface area contributed by atoms with E-state index in [0.29, 0.717) is 41.2 Å². The number of alkyl halides is 2. The summed E-state index contributed by atoms with van der Waals surface area (Å²) in [6.45, 7) is 5.42. The van der Waals surface area contributed by atoms with E-state index in [1.54, 1.807) is 31.9 Å². The first kappa shape index (κ1) is 25.6. The lowest BCUT2D eigenvalue weighted by Gasteiger charge is -2.28. The number of nitrogens with zero attached hydrogens (tertiary/aromatic N) is 4. The summed E-state index contributed by atoms with van der Waals surface area (Å²) >= 11 is 0. The zero-order chi connectivity index (χ0) is 26.4. The van der Waals surface area contributed by atoms with Gasteiger partial charge in [0.1, 0.15) is 28.7 Å². The molecule has 192 valence electrons. The molecule has 0 saturated carbocycles. The van der Waals surface area contributed by atoms with Crippen LogP contribution >= 0.6 is 0 Å². The lowest BCUT2D eigenvalue weighted by molar-refractivity contribution is -0.129. The van der Waals surface area contributed by atoms with E-state index < -0.39 is 29.4 Å². The molecular formula is C25H28F3N5O3. The molecule has 1 N–H and O–H groups in total. The minimum Gasteiger partial charge on any atom is -0.371 e. The molecule has 11 heteroatoms. The number of hydrogen-bond donors (Lipinski definition) is 1. The summed E-state index contributed by atoms with van der Waals surface area (Å²) in [5.74, 6) is -0.415. The van der Waals surface area contributed by atoms with Crippen LogP contribution in [0.2, 0.25) is 0 Å². The number of carbonyl (C=O) groups is 1. The number of carbonyl (C=O) groups excluding carboxylic acids is 1. The number of anilines is 1. The van der Waals surface area contributed by atoms with Crippen molar-refractivity contribution < 1.29 is 22.7 Å². The smallest absolute Gasteiger partial charge is 0.266 e. The number of nitrogens with one attached hydrogen (secondary N) is 1. The zero-order valence-electron chi connectivity index (χ0n) is 20.7. The molecule has 3 aromatic rings. The molecule has 1 fully saturated rings. The van der Waals surface area contributed by atoms with Crippen molar-refractivity contribution in [3.8, 4) is 0 Å². The first-order valence-corrected chi connectivity index (χ1v) is 11.5. The Hall–Kier alpha value is -3.47. The van der Waals surface area contributed by atoms with Gasteiger partial charge >= 0.3 is 0 Å². The summed E-state index contributed by atoms with van der Waals surface area (Å²) in [5.41, 5.74) is -1.25. The van der Waals surface area contributed by atoms with E-state index in [1.807, 2.05) is 0 Å². The van der Waals surface area contributed by atoms with Gasteiger partial charge in [-0.25, -0.2) is 23.1 Å². The Labute approximate surface area is 206 Å². The molecule has 0 radical (unpaired) electrons. The second-order valence-corrected chi connectivity index (χ2v) is 9.09. The lowest BCUT2D eigenvalue weighted by Crippen LogP contribution is -2.40. The van der Waals surface area contributed by atoms with Gasteiger partial charge in [-0.05, 0) is 19.9 Å². The largest absolute Gasteiger partial charge is 0.371 e. The Balaban J connectivity index is 1.84. The molecule has 3 heterocycles. The van der Waals surface area contributed by atoms with Crippen molar-refractivity contribution in [3.05, 3.63) is 63.0 Å². The van der Waals surface area contributed by atoms with Gasteiger partial charge in [-0.3, -0.25) is 14.2 Å². The van der Waals surface area contributed by atoms with Gasteiger partial charge in [0, 0.05) is 39.6 Å². The Bertz CT molecular complexity index is 1390. The minimum atomic E-state index is -2.94. The predicted octanol–water partition coefficient (Wildman–Crippen LogP) is 3.98. The van der Waals surface area contributed by atoms with Gasteiger partial charge in [0.15, 0.2) is 0 Å². The number of benzene rings is 1. The minimum absolute atomic E-state index is 0.0588. The van der Waals surface area contributed by atoms with Gasteiger partial charge < -0.3 is 15.0 Å². The highest BCUT2D eigenvalue weighted by molar-refractivity contribution is 5.87. The van der Waals surface area contributed by atoms with Crippen molar-refractivity contribution in [1.82, 2.24) is 19.4 Å². The van der Waals surface area contributed by atoms with E-state index in [4.69, 9.17) is 4.74 Å². The monoisotopic (exact) mass is 503 g/mol. The van der Waals surface area contributed by atoms with Crippen LogP contribution in [0, 0.1) is 12.7 Å². The molecule has 1 unspecified atom stereocenters. The van der Waals surface area contributed by atoms with E-state index in [-0.39, 0.29) is 23.6 Å². The van der Waals surface area contributed by atoms with E-state index in [2.05, 4.69) is 15.3 Å². The van der Waals surface area contributed by atoms with Crippen molar-refractivity contribution in [2.24, 2.45) is 7.05 Å². The van der Waals surface area contributed by atoms with Crippen molar-refractivity contribution >= 4 is 22.8 Å². The summed E-state index contributed by atoms with van der Waals surface area (Å²) in [6, 6.07) is 4.79. The van der Waals surface area contributed by atoms with Crippen LogP contribution in [0.1, 0.15) is 55.3 Å². The van der Waals surface area contributed by atoms with E-state index >= 15 is 0 Å². The van der Waals surface area contributed by atoms with Crippen molar-refractivity contribution in [2.45, 2.75) is 45.3 Å². The molecule has 1 aliphatic heterocycles. The summed E-state index contributed by atoms with van der Waals surface area (Å²) in [7, 11) is 3.08. The van der Waals surface area contributed by atoms with Crippen LogP contribution in [0.3, 0.4) is 0 Å². The lowest BCUT2D eigenvalue weighted by atomic mass is 9.92. The number of ether oxygens (including phenoxy) is 1. The maximum absolute atomic E-state index is 14.8. The molecule has 1 aromatic carbocycles. The van der Waals surface area contributed by atoms with Crippen LogP contribution in [0.25, 0.3) is 11.0 Å². The van der Waals surface area contributed by atoms with Gasteiger partial charge in [-0.15, -0.1) is 0 Å². The van der Waals surface area contributed by atoms with Crippen LogP contribution < -0.4 is 10.9 Å². The van der Waals surface area contributed by atoms with E-state index in [0.717, 1.165) is 6.07 Å². The number of methoxy groups -OCH3 is 1. The fourth-order valence-corrected chi connectivity index (χ4v) is 4.78. The highest BCUT2D eigenvalue weighted by Gasteiger charge is 2.43. The number of likely N-dealkylation sites (tertiary alicyclic amines) is 1. The molecule has 0 aliphatic carbocycles. The van der Waals surface area contributed by atoms with Gasteiger partial charge in [-0.2, -0.15) is 0 Å². The Morgan fingerprint density at radius 2 is 1.94 bits per heavy atom. The van der Waals surface area contributed by atoms with Crippen LogP contribution in [-0.2, 0) is 22.2 Å². The number of aromatic nitrogens is 3. The van der Waals surface area contributed by atoms with E-state index in [1.165, 1.54) is 30.7 Å². The molecular weight excluding hydrogens is 475 g/mol. The number of hydrogen-bond acceptors (Lipinski definition) is 6. The van der Waals surface area contributed by atoms with Gasteiger partial charge in [-0.1, -0.05) is 18.2 Å². The van der Waals surface area contributed by atoms with Crippen LogP contribution in [0.15, 0.2) is 29.1 Å². The standard InChI is InChI=1S/C25H28F3N5O3/c1-13(16-7-6-8-17(20(16)26)21(27)28)29-22-18-11-19(24(35)32(4)23(18)31-14(2)30-22)25(36-5)9-10-33(12-25)15(3)34/h6-8,11,13,21H,9-10,12H2,1-5H3,(H,29,30,31)/t13-,25?/m1/s1. The number of rotatable bonds is 6. The van der Waals surface area contributed by atoms with Gasteiger partial charge in [0.05, 0.1) is 29.1 Å². The quantitative estimate of drug-likeness (QED) is 0.548. The van der Waals surface area contributed by atoms with Crippen LogP contribution in [0.4, 0.5) is 19.0 Å². The second-order valence-electron chi connectivity index (χ2n) is 9.09. The first-order chi connectivity index (χ1) is 17.0. The topological polar surface area (TPSA) is 89.3 Å². The summed E-state index contributed by atoms with van der Waals surface area (Å²) in [5, 5.41) is 3.59. The third-order valence-electron chi connectivity index (χ3n) is 6.85. The summed E-state index contributed by atoms with van der Waals surface area (Å²) < 4.78 is 48.5. The fraction of sp³-hybridized carbons (Fsp3) is 0.440. The number of amides is 1. The Morgan fingerprint density at radius 3 is 2.56 bits per heavy atom. The maximum atomic E-state index is 14.8. The Kier molecular flexibility index (Phi) is 6.78. The molecule has 2 atom stereocenters. The zero-order valence-corrected chi connectivity index (χ0v) is 20.7. The summed E-state index contributed by atoms with van der Waals surface area (Å²) in [6.07, 6.45) is -2.51. The molecule has 1 saturated heterocycles. The molecule has 1 amide bonds. The van der Waals surface area contributed by atoms with Crippen molar-refractivity contribution in [2.75, 3.05) is 25.5 Å². The molecule has 8 nitrogen and oxygen atoms in total. The molecule has 1 aliphatic rings. The molecule has 0 spiro atoms. The molecule has 36 heavy (non-hydrogen) atoms. The molecule has 2 aromatic heterocycles. The summed E-state index contributed by atoms with van der Waals surface area (Å²) in [4.78, 5) is 35.9. The number of fused-ring (bicyclic) bond motifs is 1.